The fourth-order valence-electron chi connectivity index (χ4n) is 1.75. The largest absolute Gasteiger partial charge is 0.390 e. The number of benzene rings is 1. The molecule has 4 nitrogen and oxygen atoms in total. The van der Waals surface area contributed by atoms with E-state index in [1.165, 1.54) is 5.06 Å². The fourth-order valence-corrected chi connectivity index (χ4v) is 1.97. The van der Waals surface area contributed by atoms with Crippen LogP contribution in [0.3, 0.4) is 0 Å². The number of alkyl halides is 1. The molecule has 0 bridgehead atoms. The van der Waals surface area contributed by atoms with Gasteiger partial charge in [-0.1, -0.05) is 23.7 Å². The van der Waals surface area contributed by atoms with Crippen molar-refractivity contribution in [2.45, 2.75) is 18.6 Å². The van der Waals surface area contributed by atoms with Crippen molar-refractivity contribution in [1.29, 1.82) is 0 Å². The summed E-state index contributed by atoms with van der Waals surface area (Å²) in [6.45, 7) is 0.0897. The van der Waals surface area contributed by atoms with Crippen molar-refractivity contribution in [3.63, 3.8) is 0 Å². The van der Waals surface area contributed by atoms with Gasteiger partial charge in [-0.15, -0.1) is 11.6 Å². The molecule has 1 heterocycles. The molecule has 1 aromatic carbocycles. The van der Waals surface area contributed by atoms with Crippen LogP contribution in [0.25, 0.3) is 0 Å². The van der Waals surface area contributed by atoms with E-state index in [-0.39, 0.29) is 30.9 Å². The van der Waals surface area contributed by atoms with E-state index in [9.17, 15) is 9.90 Å². The molecule has 1 unspecified atom stereocenters. The molecule has 0 spiro atoms. The first-order valence-electron chi connectivity index (χ1n) is 5.57. The molecule has 0 aromatic heterocycles. The number of nitrogens with zero attached hydrogens (tertiary/aromatic N) is 1. The van der Waals surface area contributed by atoms with Crippen molar-refractivity contribution in [3.05, 3.63) is 34.9 Å². The van der Waals surface area contributed by atoms with Crippen molar-refractivity contribution in [1.82, 2.24) is 5.06 Å². The average molecular weight is 290 g/mol. The third kappa shape index (κ3) is 3.14. The molecular formula is C12H13Cl2NO3. The summed E-state index contributed by atoms with van der Waals surface area (Å²) < 4.78 is 0. The van der Waals surface area contributed by atoms with Crippen molar-refractivity contribution in [3.8, 4) is 0 Å². The van der Waals surface area contributed by atoms with Crippen LogP contribution in [0.5, 0.6) is 0 Å². The first-order chi connectivity index (χ1) is 8.60. The minimum Gasteiger partial charge on any atom is -0.390 e. The van der Waals surface area contributed by atoms with Gasteiger partial charge in [-0.25, -0.2) is 5.06 Å². The molecule has 1 aliphatic heterocycles. The van der Waals surface area contributed by atoms with E-state index >= 15 is 0 Å². The number of hydrogen-bond acceptors (Lipinski definition) is 3. The predicted molar refractivity (Wildman–Crippen MR) is 68.3 cm³/mol. The van der Waals surface area contributed by atoms with Gasteiger partial charge in [0.2, 0.25) is 5.91 Å². The topological polar surface area (TPSA) is 49.8 Å². The molecule has 1 saturated heterocycles. The monoisotopic (exact) mass is 289 g/mol. The summed E-state index contributed by atoms with van der Waals surface area (Å²) in [6.07, 6.45) is -0.840. The highest BCUT2D eigenvalue weighted by atomic mass is 35.5. The summed E-state index contributed by atoms with van der Waals surface area (Å²) >= 11 is 11.3. The number of aliphatic hydroxyl groups excluding tert-OH is 1. The van der Waals surface area contributed by atoms with Gasteiger partial charge in [0.15, 0.2) is 0 Å². The van der Waals surface area contributed by atoms with Gasteiger partial charge in [0.05, 0.1) is 24.9 Å². The molecule has 2 rings (SSSR count). The van der Waals surface area contributed by atoms with E-state index in [4.69, 9.17) is 28.0 Å². The second-order valence-corrected chi connectivity index (χ2v) is 4.86. The van der Waals surface area contributed by atoms with E-state index in [1.54, 1.807) is 12.1 Å². The number of amides is 1. The Kier molecular flexibility index (Phi) is 4.45. The van der Waals surface area contributed by atoms with E-state index in [0.29, 0.717) is 5.02 Å². The number of halogens is 2. The van der Waals surface area contributed by atoms with Crippen molar-refractivity contribution >= 4 is 29.1 Å². The van der Waals surface area contributed by atoms with Crippen molar-refractivity contribution in [2.24, 2.45) is 0 Å². The van der Waals surface area contributed by atoms with Crippen LogP contribution in [0.15, 0.2) is 24.3 Å². The van der Waals surface area contributed by atoms with Gasteiger partial charge < -0.3 is 5.11 Å². The summed E-state index contributed by atoms with van der Waals surface area (Å²) in [4.78, 5) is 17.2. The number of hydroxylamine groups is 2. The zero-order valence-corrected chi connectivity index (χ0v) is 11.1. The second kappa shape index (κ2) is 5.89. The van der Waals surface area contributed by atoms with E-state index < -0.39 is 6.10 Å². The number of hydrogen-bond donors (Lipinski definition) is 1. The van der Waals surface area contributed by atoms with Crippen LogP contribution >= 0.6 is 23.2 Å². The van der Waals surface area contributed by atoms with Gasteiger partial charge in [-0.3, -0.25) is 9.63 Å². The lowest BCUT2D eigenvalue weighted by Crippen LogP contribution is -2.33. The van der Waals surface area contributed by atoms with Crippen LogP contribution in [0.4, 0.5) is 0 Å². The second-order valence-electron chi connectivity index (χ2n) is 4.11. The normalized spacial score (nSPS) is 21.4. The molecule has 98 valence electrons. The van der Waals surface area contributed by atoms with Gasteiger partial charge in [0.25, 0.3) is 0 Å². The molecule has 1 aliphatic rings. The smallest absolute Gasteiger partial charge is 0.249 e. The lowest BCUT2D eigenvalue weighted by molar-refractivity contribution is -0.180. The van der Waals surface area contributed by atoms with Crippen LogP contribution < -0.4 is 0 Å². The van der Waals surface area contributed by atoms with Crippen molar-refractivity contribution in [2.75, 3.05) is 12.4 Å². The van der Waals surface area contributed by atoms with Crippen LogP contribution in [0.2, 0.25) is 5.02 Å². The molecule has 1 fully saturated rings. The van der Waals surface area contributed by atoms with Crippen LogP contribution in [-0.2, 0) is 9.63 Å². The number of aliphatic hydroxyl groups is 1. The van der Waals surface area contributed by atoms with Gasteiger partial charge in [-0.2, -0.15) is 0 Å². The Morgan fingerprint density at radius 2 is 2.11 bits per heavy atom. The Balaban J connectivity index is 2.02. The third-order valence-corrected chi connectivity index (χ3v) is 3.30. The Hall–Kier alpha value is -0.810. The fraction of sp³-hybridized carbons (Fsp3) is 0.417. The summed E-state index contributed by atoms with van der Waals surface area (Å²) in [7, 11) is 0. The predicted octanol–water partition coefficient (Wildman–Crippen LogP) is 2.14. The molecule has 6 heteroatoms. The lowest BCUT2D eigenvalue weighted by atomic mass is 10.1. The van der Waals surface area contributed by atoms with Crippen molar-refractivity contribution < 1.29 is 14.7 Å². The molecule has 0 radical (unpaired) electrons. The maximum absolute atomic E-state index is 11.7. The molecule has 0 aliphatic carbocycles. The van der Waals surface area contributed by atoms with Gasteiger partial charge >= 0.3 is 0 Å². The maximum Gasteiger partial charge on any atom is 0.249 e. The van der Waals surface area contributed by atoms with E-state index in [1.807, 2.05) is 12.1 Å². The zero-order chi connectivity index (χ0) is 13.1. The minimum atomic E-state index is -0.778. The van der Waals surface area contributed by atoms with Gasteiger partial charge in [-0.05, 0) is 17.7 Å². The van der Waals surface area contributed by atoms with Gasteiger partial charge in [0, 0.05) is 5.02 Å². The standard InChI is InChI=1S/C12H13Cl2NO3/c13-6-10(16)7-15-12(17)5-11(18-15)8-1-3-9(14)4-2-8/h1-4,10-11,16H,5-7H2/t10?,11-/m1/s1. The summed E-state index contributed by atoms with van der Waals surface area (Å²) in [5.41, 5.74) is 0.885. The Labute approximate surface area is 115 Å². The average Bonchev–Trinajstić information content (AvgIpc) is 2.71. The minimum absolute atomic E-state index is 0.0682. The van der Waals surface area contributed by atoms with E-state index in [2.05, 4.69) is 0 Å². The zero-order valence-electron chi connectivity index (χ0n) is 9.55. The first-order valence-corrected chi connectivity index (χ1v) is 6.48. The molecular weight excluding hydrogens is 277 g/mol. The van der Waals surface area contributed by atoms with Crippen LogP contribution in [-0.4, -0.2) is 34.6 Å². The molecule has 1 aromatic rings. The number of carbonyl (C=O) groups is 1. The van der Waals surface area contributed by atoms with Crippen LogP contribution in [0, 0.1) is 0 Å². The maximum atomic E-state index is 11.7. The number of rotatable bonds is 4. The number of β-amino-alcohol motifs (C(OH)–C–C–N with tert-alkyl or cyclic N) is 1. The lowest BCUT2D eigenvalue weighted by Gasteiger charge is -2.18. The first kappa shape index (κ1) is 13.6. The summed E-state index contributed by atoms with van der Waals surface area (Å²) in [5.74, 6) is -0.0854. The Bertz CT molecular complexity index is 424. The Morgan fingerprint density at radius 3 is 2.72 bits per heavy atom. The highest BCUT2D eigenvalue weighted by Crippen LogP contribution is 2.30. The Morgan fingerprint density at radius 1 is 1.44 bits per heavy atom. The molecule has 1 N–H and O–H groups in total. The summed E-state index contributed by atoms with van der Waals surface area (Å²) in [5, 5.41) is 11.2. The molecule has 1 amide bonds. The SMILES string of the molecule is O=C1C[C@H](c2ccc(Cl)cc2)ON1CC(O)CCl. The van der Waals surface area contributed by atoms with Gasteiger partial charge in [0.1, 0.15) is 6.10 Å². The highest BCUT2D eigenvalue weighted by molar-refractivity contribution is 6.30. The molecule has 18 heavy (non-hydrogen) atoms. The molecule has 2 atom stereocenters. The summed E-state index contributed by atoms with van der Waals surface area (Å²) in [6, 6.07) is 7.14. The van der Waals surface area contributed by atoms with Crippen LogP contribution in [0.1, 0.15) is 18.1 Å². The number of carbonyl (C=O) groups excluding carboxylic acids is 1. The highest BCUT2D eigenvalue weighted by Gasteiger charge is 2.33. The third-order valence-electron chi connectivity index (χ3n) is 2.69. The quantitative estimate of drug-likeness (QED) is 0.864. The molecule has 0 saturated carbocycles. The van der Waals surface area contributed by atoms with E-state index in [0.717, 1.165) is 5.56 Å².